The first kappa shape index (κ1) is 15.5. The Kier molecular flexibility index (Phi) is 4.53. The third-order valence-electron chi connectivity index (χ3n) is 5.10. The summed E-state index contributed by atoms with van der Waals surface area (Å²) < 4.78 is 13.2. The van der Waals surface area contributed by atoms with Crippen LogP contribution in [0.1, 0.15) is 63.6 Å². The highest BCUT2D eigenvalue weighted by molar-refractivity contribution is 5.29. The van der Waals surface area contributed by atoms with Crippen LogP contribution in [0.3, 0.4) is 0 Å². The van der Waals surface area contributed by atoms with Crippen molar-refractivity contribution in [3.8, 4) is 0 Å². The molecule has 2 heteroatoms. The molecule has 0 bridgehead atoms. The molecule has 2 N–H and O–H groups in total. The average Bonchev–Trinajstić information content (AvgIpc) is 2.37. The monoisotopic (exact) mass is 277 g/mol. The van der Waals surface area contributed by atoms with Crippen molar-refractivity contribution in [2.75, 3.05) is 0 Å². The predicted molar refractivity (Wildman–Crippen MR) is 83.0 cm³/mol. The number of rotatable bonds is 2. The molecule has 1 aromatic rings. The molecule has 1 aromatic carbocycles. The van der Waals surface area contributed by atoms with Crippen molar-refractivity contribution < 1.29 is 4.39 Å². The Morgan fingerprint density at radius 2 is 1.75 bits per heavy atom. The molecule has 1 aliphatic rings. The van der Waals surface area contributed by atoms with E-state index in [1.54, 1.807) is 6.07 Å². The second-order valence-electron chi connectivity index (χ2n) is 7.50. The summed E-state index contributed by atoms with van der Waals surface area (Å²) in [4.78, 5) is 0. The lowest BCUT2D eigenvalue weighted by atomic mass is 9.68. The maximum Gasteiger partial charge on any atom is 0.123 e. The van der Waals surface area contributed by atoms with Crippen molar-refractivity contribution in [3.63, 3.8) is 0 Å². The van der Waals surface area contributed by atoms with Gasteiger partial charge in [0.25, 0.3) is 0 Å². The van der Waals surface area contributed by atoms with Crippen LogP contribution in [0.5, 0.6) is 0 Å². The van der Waals surface area contributed by atoms with Gasteiger partial charge >= 0.3 is 0 Å². The van der Waals surface area contributed by atoms with E-state index in [9.17, 15) is 4.39 Å². The minimum Gasteiger partial charge on any atom is -0.324 e. The first-order valence-electron chi connectivity index (χ1n) is 7.80. The van der Waals surface area contributed by atoms with Crippen LogP contribution in [-0.2, 0) is 0 Å². The molecule has 1 unspecified atom stereocenters. The van der Waals surface area contributed by atoms with Gasteiger partial charge in [0, 0.05) is 6.04 Å². The van der Waals surface area contributed by atoms with Gasteiger partial charge in [-0.25, -0.2) is 4.39 Å². The van der Waals surface area contributed by atoms with Gasteiger partial charge in [0.1, 0.15) is 5.82 Å². The number of hydrogen-bond acceptors (Lipinski definition) is 1. The third-order valence-corrected chi connectivity index (χ3v) is 5.10. The van der Waals surface area contributed by atoms with Crippen LogP contribution < -0.4 is 5.73 Å². The van der Waals surface area contributed by atoms with Gasteiger partial charge in [-0.1, -0.05) is 26.8 Å². The summed E-state index contributed by atoms with van der Waals surface area (Å²) >= 11 is 0. The Hall–Kier alpha value is -0.890. The van der Waals surface area contributed by atoms with E-state index in [-0.39, 0.29) is 11.9 Å². The van der Waals surface area contributed by atoms with Crippen LogP contribution in [0.15, 0.2) is 18.2 Å². The Morgan fingerprint density at radius 1 is 1.15 bits per heavy atom. The molecule has 0 amide bonds. The molecular formula is C18H28FN. The van der Waals surface area contributed by atoms with Crippen LogP contribution in [0.2, 0.25) is 0 Å². The lowest BCUT2D eigenvalue weighted by Gasteiger charge is -2.39. The lowest BCUT2D eigenvalue weighted by Crippen LogP contribution is -2.31. The molecule has 0 radical (unpaired) electrons. The Balaban J connectivity index is 2.03. The molecule has 1 atom stereocenters. The Morgan fingerprint density at radius 3 is 2.25 bits per heavy atom. The van der Waals surface area contributed by atoms with E-state index in [0.29, 0.717) is 11.3 Å². The summed E-state index contributed by atoms with van der Waals surface area (Å²) in [5, 5.41) is 0. The minimum absolute atomic E-state index is 0.0523. The molecule has 0 aromatic heterocycles. The summed E-state index contributed by atoms with van der Waals surface area (Å²) in [6.07, 6.45) is 4.92. The second-order valence-corrected chi connectivity index (χ2v) is 7.50. The molecular weight excluding hydrogens is 249 g/mol. The standard InChI is InChI=1S/C18H28FN/c1-12-11-15(19)9-10-16(12)17(20)13-5-7-14(8-6-13)18(2,3)4/h9-11,13-14,17H,5-8,20H2,1-4H3. The van der Waals surface area contributed by atoms with E-state index >= 15 is 0 Å². The molecule has 1 nitrogen and oxygen atoms in total. The summed E-state index contributed by atoms with van der Waals surface area (Å²) in [7, 11) is 0. The zero-order valence-corrected chi connectivity index (χ0v) is 13.2. The average molecular weight is 277 g/mol. The zero-order valence-electron chi connectivity index (χ0n) is 13.2. The highest BCUT2D eigenvalue weighted by atomic mass is 19.1. The predicted octanol–water partition coefficient (Wildman–Crippen LogP) is 4.99. The molecule has 20 heavy (non-hydrogen) atoms. The minimum atomic E-state index is -0.171. The Labute approximate surface area is 122 Å². The summed E-state index contributed by atoms with van der Waals surface area (Å²) in [5.74, 6) is 1.17. The van der Waals surface area contributed by atoms with Gasteiger partial charge in [-0.05, 0) is 73.1 Å². The fraction of sp³-hybridized carbons (Fsp3) is 0.667. The molecule has 0 aliphatic heterocycles. The van der Waals surface area contributed by atoms with Gasteiger partial charge in [0.2, 0.25) is 0 Å². The quantitative estimate of drug-likeness (QED) is 0.810. The molecule has 1 saturated carbocycles. The van der Waals surface area contributed by atoms with Gasteiger partial charge in [-0.15, -0.1) is 0 Å². The summed E-state index contributed by atoms with van der Waals surface area (Å²) in [6.45, 7) is 8.96. The highest BCUT2D eigenvalue weighted by Crippen LogP contribution is 2.43. The number of nitrogens with two attached hydrogens (primary N) is 1. The summed E-state index contributed by atoms with van der Waals surface area (Å²) in [5.41, 5.74) is 8.95. The molecule has 112 valence electrons. The van der Waals surface area contributed by atoms with Crippen molar-refractivity contribution in [1.29, 1.82) is 0 Å². The van der Waals surface area contributed by atoms with Gasteiger partial charge in [0.15, 0.2) is 0 Å². The molecule has 0 saturated heterocycles. The molecule has 1 fully saturated rings. The maximum absolute atomic E-state index is 13.2. The molecule has 2 rings (SSSR count). The topological polar surface area (TPSA) is 26.0 Å². The second kappa shape index (κ2) is 5.85. The van der Waals surface area contributed by atoms with Crippen LogP contribution in [0.4, 0.5) is 4.39 Å². The van der Waals surface area contributed by atoms with Gasteiger partial charge in [0.05, 0.1) is 0 Å². The van der Waals surface area contributed by atoms with E-state index < -0.39 is 0 Å². The van der Waals surface area contributed by atoms with E-state index in [1.807, 2.05) is 13.0 Å². The SMILES string of the molecule is Cc1cc(F)ccc1C(N)C1CCC(C(C)(C)C)CC1. The number of hydrogen-bond donors (Lipinski definition) is 1. The number of halogens is 1. The first-order valence-corrected chi connectivity index (χ1v) is 7.80. The van der Waals surface area contributed by atoms with Crippen molar-refractivity contribution in [2.45, 2.75) is 59.4 Å². The first-order chi connectivity index (χ1) is 9.29. The third kappa shape index (κ3) is 3.41. The van der Waals surface area contributed by atoms with Crippen LogP contribution >= 0.6 is 0 Å². The van der Waals surface area contributed by atoms with E-state index in [2.05, 4.69) is 20.8 Å². The Bertz CT molecular complexity index is 453. The van der Waals surface area contributed by atoms with Crippen LogP contribution in [0.25, 0.3) is 0 Å². The molecule has 1 aliphatic carbocycles. The van der Waals surface area contributed by atoms with E-state index in [4.69, 9.17) is 5.73 Å². The maximum atomic E-state index is 13.2. The molecule has 0 heterocycles. The smallest absolute Gasteiger partial charge is 0.123 e. The number of benzene rings is 1. The number of aryl methyl sites for hydroxylation is 1. The highest BCUT2D eigenvalue weighted by Gasteiger charge is 2.32. The van der Waals surface area contributed by atoms with Crippen molar-refractivity contribution >= 4 is 0 Å². The largest absolute Gasteiger partial charge is 0.324 e. The van der Waals surface area contributed by atoms with E-state index in [0.717, 1.165) is 17.0 Å². The lowest BCUT2D eigenvalue weighted by molar-refractivity contribution is 0.139. The van der Waals surface area contributed by atoms with Gasteiger partial charge in [-0.2, -0.15) is 0 Å². The van der Waals surface area contributed by atoms with E-state index in [1.165, 1.54) is 31.7 Å². The fourth-order valence-corrected chi connectivity index (χ4v) is 3.61. The van der Waals surface area contributed by atoms with Crippen LogP contribution in [0, 0.1) is 30.0 Å². The van der Waals surface area contributed by atoms with Crippen LogP contribution in [-0.4, -0.2) is 0 Å². The zero-order chi connectivity index (χ0) is 14.9. The van der Waals surface area contributed by atoms with Gasteiger partial charge in [-0.3, -0.25) is 0 Å². The van der Waals surface area contributed by atoms with Crippen molar-refractivity contribution in [1.82, 2.24) is 0 Å². The van der Waals surface area contributed by atoms with Crippen molar-refractivity contribution in [2.24, 2.45) is 23.0 Å². The van der Waals surface area contributed by atoms with Crippen molar-refractivity contribution in [3.05, 3.63) is 35.1 Å². The van der Waals surface area contributed by atoms with Gasteiger partial charge < -0.3 is 5.73 Å². The fourth-order valence-electron chi connectivity index (χ4n) is 3.61. The molecule has 0 spiro atoms. The summed E-state index contributed by atoms with van der Waals surface area (Å²) in [6, 6.07) is 5.04. The normalized spacial score (nSPS) is 25.5.